The molecule has 1 fully saturated rings. The van der Waals surface area contributed by atoms with Crippen molar-refractivity contribution in [3.8, 4) is 0 Å². The molecule has 0 bridgehead atoms. The molecule has 5 heteroatoms. The fourth-order valence-corrected chi connectivity index (χ4v) is 2.37. The number of ether oxygens (including phenoxy) is 1. The Balaban J connectivity index is 2.11. The average Bonchev–Trinajstić information content (AvgIpc) is 3.27. The zero-order valence-electron chi connectivity index (χ0n) is 15.2. The fraction of sp³-hybridized carbons (Fsp3) is 0.941. The monoisotopic (exact) mass is 312 g/mol. The molecule has 0 aromatic rings. The molecule has 0 amide bonds. The molecule has 0 saturated heterocycles. The Hall–Kier alpha value is -0.810. The normalized spacial score (nSPS) is 17.1. The van der Waals surface area contributed by atoms with E-state index in [9.17, 15) is 0 Å². The van der Waals surface area contributed by atoms with Crippen molar-refractivity contribution in [3.05, 3.63) is 0 Å². The second-order valence-corrected chi connectivity index (χ2v) is 7.00. The van der Waals surface area contributed by atoms with Gasteiger partial charge >= 0.3 is 0 Å². The molecule has 130 valence electrons. The standard InChI is InChI=1S/C17H36N4O/c1-14(2)11-16(21(4)5)12-20-17(18-3)19-9-6-10-22-13-15-7-8-15/h14-16H,6-13H2,1-5H3,(H2,18,19,20). The van der Waals surface area contributed by atoms with Gasteiger partial charge in [0, 0.05) is 39.4 Å². The van der Waals surface area contributed by atoms with Gasteiger partial charge in [-0.1, -0.05) is 13.8 Å². The number of aliphatic imine (C=N–C) groups is 1. The minimum atomic E-state index is 0.528. The third kappa shape index (κ3) is 9.26. The van der Waals surface area contributed by atoms with Crippen molar-refractivity contribution < 1.29 is 4.74 Å². The molecule has 5 nitrogen and oxygen atoms in total. The Morgan fingerprint density at radius 2 is 2.00 bits per heavy atom. The lowest BCUT2D eigenvalue weighted by molar-refractivity contribution is 0.123. The molecule has 0 radical (unpaired) electrons. The van der Waals surface area contributed by atoms with Gasteiger partial charge in [-0.15, -0.1) is 0 Å². The molecule has 22 heavy (non-hydrogen) atoms. The minimum absolute atomic E-state index is 0.528. The van der Waals surface area contributed by atoms with Crippen LogP contribution in [0.5, 0.6) is 0 Å². The third-order valence-corrected chi connectivity index (χ3v) is 4.01. The van der Waals surface area contributed by atoms with Gasteiger partial charge in [-0.25, -0.2) is 0 Å². The van der Waals surface area contributed by atoms with E-state index in [1.165, 1.54) is 19.3 Å². The molecular formula is C17H36N4O. The van der Waals surface area contributed by atoms with Crippen LogP contribution in [0.15, 0.2) is 4.99 Å². The second-order valence-electron chi connectivity index (χ2n) is 7.00. The highest BCUT2D eigenvalue weighted by Gasteiger charge is 2.20. The Kier molecular flexibility index (Phi) is 9.48. The molecule has 1 aliphatic rings. The highest BCUT2D eigenvalue weighted by molar-refractivity contribution is 5.79. The molecule has 0 aliphatic heterocycles. The first-order valence-corrected chi connectivity index (χ1v) is 8.71. The Morgan fingerprint density at radius 3 is 2.55 bits per heavy atom. The van der Waals surface area contributed by atoms with E-state index in [-0.39, 0.29) is 0 Å². The van der Waals surface area contributed by atoms with Crippen LogP contribution in [-0.2, 0) is 4.74 Å². The topological polar surface area (TPSA) is 48.9 Å². The summed E-state index contributed by atoms with van der Waals surface area (Å²) in [5.41, 5.74) is 0. The summed E-state index contributed by atoms with van der Waals surface area (Å²) in [5, 5.41) is 6.79. The van der Waals surface area contributed by atoms with Gasteiger partial charge in [-0.2, -0.15) is 0 Å². The van der Waals surface area contributed by atoms with Gasteiger partial charge in [-0.3, -0.25) is 4.99 Å². The maximum absolute atomic E-state index is 5.64. The number of rotatable bonds is 11. The molecule has 1 aliphatic carbocycles. The SMILES string of the molecule is CN=C(NCCCOCC1CC1)NCC(CC(C)C)N(C)C. The van der Waals surface area contributed by atoms with E-state index < -0.39 is 0 Å². The Bertz CT molecular complexity index is 314. The van der Waals surface area contributed by atoms with Crippen LogP contribution in [0.2, 0.25) is 0 Å². The summed E-state index contributed by atoms with van der Waals surface area (Å²) in [6, 6.07) is 0.528. The van der Waals surface area contributed by atoms with Crippen LogP contribution in [0, 0.1) is 11.8 Å². The maximum Gasteiger partial charge on any atom is 0.191 e. The number of guanidine groups is 1. The van der Waals surface area contributed by atoms with Crippen molar-refractivity contribution in [2.75, 3.05) is 47.4 Å². The maximum atomic E-state index is 5.64. The lowest BCUT2D eigenvalue weighted by Gasteiger charge is -2.27. The average molecular weight is 313 g/mol. The summed E-state index contributed by atoms with van der Waals surface area (Å²) in [7, 11) is 6.11. The summed E-state index contributed by atoms with van der Waals surface area (Å²) < 4.78 is 5.64. The van der Waals surface area contributed by atoms with E-state index in [0.717, 1.165) is 44.6 Å². The predicted octanol–water partition coefficient (Wildman–Crippen LogP) is 1.94. The number of likely N-dealkylation sites (N-methyl/N-ethyl adjacent to an activating group) is 1. The van der Waals surface area contributed by atoms with Gasteiger partial charge < -0.3 is 20.3 Å². The van der Waals surface area contributed by atoms with E-state index in [4.69, 9.17) is 4.74 Å². The van der Waals surface area contributed by atoms with Gasteiger partial charge in [0.25, 0.3) is 0 Å². The molecular weight excluding hydrogens is 276 g/mol. The van der Waals surface area contributed by atoms with Crippen molar-refractivity contribution in [1.29, 1.82) is 0 Å². The molecule has 1 atom stereocenters. The predicted molar refractivity (Wildman–Crippen MR) is 94.5 cm³/mol. The second kappa shape index (κ2) is 10.8. The Labute approximate surface area is 136 Å². The van der Waals surface area contributed by atoms with Crippen LogP contribution in [0.1, 0.15) is 39.5 Å². The largest absolute Gasteiger partial charge is 0.381 e. The van der Waals surface area contributed by atoms with E-state index in [1.807, 2.05) is 7.05 Å². The summed E-state index contributed by atoms with van der Waals surface area (Å²) in [4.78, 5) is 6.57. The van der Waals surface area contributed by atoms with E-state index in [2.05, 4.69) is 48.5 Å². The molecule has 1 rings (SSSR count). The molecule has 0 heterocycles. The quantitative estimate of drug-likeness (QED) is 0.348. The first-order valence-electron chi connectivity index (χ1n) is 8.71. The van der Waals surface area contributed by atoms with Crippen LogP contribution in [0.3, 0.4) is 0 Å². The van der Waals surface area contributed by atoms with Crippen molar-refractivity contribution in [1.82, 2.24) is 15.5 Å². The number of nitrogens with zero attached hydrogens (tertiary/aromatic N) is 2. The summed E-state index contributed by atoms with van der Waals surface area (Å²) in [6.07, 6.45) is 4.93. The smallest absolute Gasteiger partial charge is 0.191 e. The van der Waals surface area contributed by atoms with Crippen molar-refractivity contribution >= 4 is 5.96 Å². The van der Waals surface area contributed by atoms with E-state index in [1.54, 1.807) is 0 Å². The third-order valence-electron chi connectivity index (χ3n) is 4.01. The van der Waals surface area contributed by atoms with Crippen LogP contribution >= 0.6 is 0 Å². The van der Waals surface area contributed by atoms with Crippen LogP contribution in [0.4, 0.5) is 0 Å². The van der Waals surface area contributed by atoms with Crippen molar-refractivity contribution in [3.63, 3.8) is 0 Å². The van der Waals surface area contributed by atoms with Gasteiger partial charge in [0.2, 0.25) is 0 Å². The number of hydrogen-bond acceptors (Lipinski definition) is 3. The minimum Gasteiger partial charge on any atom is -0.381 e. The molecule has 1 unspecified atom stereocenters. The molecule has 0 aromatic carbocycles. The highest BCUT2D eigenvalue weighted by Crippen LogP contribution is 2.28. The zero-order chi connectivity index (χ0) is 16.4. The van der Waals surface area contributed by atoms with Gasteiger partial charge in [-0.05, 0) is 51.6 Å². The van der Waals surface area contributed by atoms with E-state index in [0.29, 0.717) is 12.0 Å². The first-order chi connectivity index (χ1) is 10.5. The van der Waals surface area contributed by atoms with Gasteiger partial charge in [0.1, 0.15) is 0 Å². The summed E-state index contributed by atoms with van der Waals surface area (Å²) in [6.45, 7) is 8.15. The zero-order valence-corrected chi connectivity index (χ0v) is 15.2. The summed E-state index contributed by atoms with van der Waals surface area (Å²) in [5.74, 6) is 2.44. The van der Waals surface area contributed by atoms with Crippen LogP contribution < -0.4 is 10.6 Å². The summed E-state index contributed by atoms with van der Waals surface area (Å²) >= 11 is 0. The molecule has 0 spiro atoms. The molecule has 2 N–H and O–H groups in total. The fourth-order valence-electron chi connectivity index (χ4n) is 2.37. The lowest BCUT2D eigenvalue weighted by atomic mass is 10.0. The van der Waals surface area contributed by atoms with Crippen LogP contribution in [0.25, 0.3) is 0 Å². The first kappa shape index (κ1) is 19.2. The van der Waals surface area contributed by atoms with Gasteiger partial charge in [0.05, 0.1) is 0 Å². The van der Waals surface area contributed by atoms with Gasteiger partial charge in [0.15, 0.2) is 5.96 Å². The van der Waals surface area contributed by atoms with Crippen molar-refractivity contribution in [2.24, 2.45) is 16.8 Å². The molecule has 1 saturated carbocycles. The Morgan fingerprint density at radius 1 is 1.27 bits per heavy atom. The van der Waals surface area contributed by atoms with E-state index >= 15 is 0 Å². The highest BCUT2D eigenvalue weighted by atomic mass is 16.5. The number of nitrogens with one attached hydrogen (secondary N) is 2. The lowest BCUT2D eigenvalue weighted by Crippen LogP contribution is -2.45. The molecule has 0 aromatic heterocycles. The number of hydrogen-bond donors (Lipinski definition) is 2. The van der Waals surface area contributed by atoms with Crippen LogP contribution in [-0.4, -0.2) is 64.3 Å². The van der Waals surface area contributed by atoms with Crippen molar-refractivity contribution in [2.45, 2.75) is 45.6 Å².